The zero-order valence-corrected chi connectivity index (χ0v) is 13.6. The number of nitrogens with one attached hydrogen (secondary N) is 1. The molecular weight excluding hydrogens is 320 g/mol. The van der Waals surface area contributed by atoms with Crippen LogP contribution in [0.15, 0.2) is 46.7 Å². The van der Waals surface area contributed by atoms with Gasteiger partial charge in [0, 0.05) is 15.8 Å². The van der Waals surface area contributed by atoms with Gasteiger partial charge in [-0.25, -0.2) is 4.98 Å². The number of rotatable bonds is 4. The van der Waals surface area contributed by atoms with Gasteiger partial charge in [-0.15, -0.1) is 23.1 Å². The lowest BCUT2D eigenvalue weighted by Gasteiger charge is -1.94. The summed E-state index contributed by atoms with van der Waals surface area (Å²) < 4.78 is 1.08. The first-order valence-corrected chi connectivity index (χ1v) is 9.14. The predicted octanol–water partition coefficient (Wildman–Crippen LogP) is 4.73. The molecule has 6 heteroatoms. The Kier molecular flexibility index (Phi) is 4.38. The minimum Gasteiger partial charge on any atom is -0.298 e. The number of benzene rings is 1. The Labute approximate surface area is 134 Å². The highest BCUT2D eigenvalue weighted by Crippen LogP contribution is 2.29. The summed E-state index contributed by atoms with van der Waals surface area (Å²) in [6.45, 7) is 0. The molecule has 1 amide bonds. The lowest BCUT2D eigenvalue weighted by molar-refractivity contribution is -0.111. The molecule has 3 aromatic rings. The van der Waals surface area contributed by atoms with Gasteiger partial charge >= 0.3 is 0 Å². The summed E-state index contributed by atoms with van der Waals surface area (Å²) in [7, 11) is 0. The van der Waals surface area contributed by atoms with Crippen LogP contribution >= 0.6 is 34.4 Å². The number of nitrogens with zero attached hydrogens (tertiary/aromatic N) is 1. The van der Waals surface area contributed by atoms with Gasteiger partial charge in [-0.2, -0.15) is 0 Å². The summed E-state index contributed by atoms with van der Waals surface area (Å²) in [6.07, 6.45) is 5.38. The summed E-state index contributed by atoms with van der Waals surface area (Å²) in [5.74, 6) is -0.160. The molecule has 1 N–H and O–H groups in total. The SMILES string of the molecule is CSc1ccc2nc(NC(=O)C=Cc3cccs3)sc2c1. The molecule has 0 aliphatic heterocycles. The highest BCUT2D eigenvalue weighted by Gasteiger charge is 2.06. The van der Waals surface area contributed by atoms with Gasteiger partial charge < -0.3 is 0 Å². The van der Waals surface area contributed by atoms with E-state index >= 15 is 0 Å². The fourth-order valence-corrected chi connectivity index (χ4v) is 3.82. The molecule has 0 radical (unpaired) electrons. The molecule has 0 atom stereocenters. The molecule has 2 aromatic heterocycles. The molecule has 3 nitrogen and oxygen atoms in total. The van der Waals surface area contributed by atoms with Crippen molar-refractivity contribution in [1.29, 1.82) is 0 Å². The Morgan fingerprint density at radius 3 is 3.05 bits per heavy atom. The Bertz CT molecular complexity index is 790. The third-order valence-electron chi connectivity index (χ3n) is 2.77. The van der Waals surface area contributed by atoms with Crippen LogP contribution in [0.3, 0.4) is 0 Å². The van der Waals surface area contributed by atoms with Gasteiger partial charge in [0.1, 0.15) is 0 Å². The quantitative estimate of drug-likeness (QED) is 0.554. The summed E-state index contributed by atoms with van der Waals surface area (Å²) >= 11 is 4.78. The maximum absolute atomic E-state index is 11.9. The number of aromatic nitrogens is 1. The molecule has 0 fully saturated rings. The van der Waals surface area contributed by atoms with Crippen LogP contribution in [0.5, 0.6) is 0 Å². The molecule has 0 aliphatic carbocycles. The molecule has 0 saturated carbocycles. The molecule has 1 aromatic carbocycles. The number of thiophene rings is 1. The zero-order valence-electron chi connectivity index (χ0n) is 11.2. The van der Waals surface area contributed by atoms with Crippen molar-refractivity contribution in [2.45, 2.75) is 4.90 Å². The van der Waals surface area contributed by atoms with Crippen molar-refractivity contribution in [3.05, 3.63) is 46.7 Å². The fraction of sp³-hybridized carbons (Fsp3) is 0.0667. The molecule has 3 rings (SSSR count). The minimum absolute atomic E-state index is 0.160. The Morgan fingerprint density at radius 2 is 2.29 bits per heavy atom. The van der Waals surface area contributed by atoms with Gasteiger partial charge in [-0.1, -0.05) is 17.4 Å². The maximum Gasteiger partial charge on any atom is 0.250 e. The largest absolute Gasteiger partial charge is 0.298 e. The van der Waals surface area contributed by atoms with Crippen LogP contribution in [0.4, 0.5) is 5.13 Å². The number of thioether (sulfide) groups is 1. The van der Waals surface area contributed by atoms with E-state index in [0.29, 0.717) is 5.13 Å². The minimum atomic E-state index is -0.160. The van der Waals surface area contributed by atoms with Crippen molar-refractivity contribution in [2.75, 3.05) is 11.6 Å². The monoisotopic (exact) mass is 332 g/mol. The van der Waals surface area contributed by atoms with Gasteiger partial charge in [-0.3, -0.25) is 10.1 Å². The van der Waals surface area contributed by atoms with E-state index in [1.165, 1.54) is 22.3 Å². The highest BCUT2D eigenvalue weighted by atomic mass is 32.2. The number of hydrogen-bond donors (Lipinski definition) is 1. The number of fused-ring (bicyclic) bond motifs is 1. The summed E-state index contributed by atoms with van der Waals surface area (Å²) in [5, 5.41) is 5.42. The van der Waals surface area contributed by atoms with Crippen LogP contribution in [0.1, 0.15) is 4.88 Å². The Hall–Kier alpha value is -1.63. The van der Waals surface area contributed by atoms with Crippen molar-refractivity contribution in [3.63, 3.8) is 0 Å². The van der Waals surface area contributed by atoms with E-state index in [9.17, 15) is 4.79 Å². The van der Waals surface area contributed by atoms with Crippen LogP contribution in [0, 0.1) is 0 Å². The highest BCUT2D eigenvalue weighted by molar-refractivity contribution is 7.98. The van der Waals surface area contributed by atoms with Gasteiger partial charge in [0.25, 0.3) is 0 Å². The summed E-state index contributed by atoms with van der Waals surface area (Å²) in [6, 6.07) is 10.0. The Morgan fingerprint density at radius 1 is 1.38 bits per heavy atom. The Balaban J connectivity index is 1.73. The summed E-state index contributed by atoms with van der Waals surface area (Å²) in [4.78, 5) is 18.5. The smallest absolute Gasteiger partial charge is 0.250 e. The number of thiazole rings is 1. The number of amides is 1. The normalized spacial score (nSPS) is 11.3. The molecule has 0 unspecified atom stereocenters. The van der Waals surface area contributed by atoms with E-state index in [1.54, 1.807) is 29.2 Å². The molecule has 21 heavy (non-hydrogen) atoms. The van der Waals surface area contributed by atoms with E-state index in [1.807, 2.05) is 35.9 Å². The van der Waals surface area contributed by atoms with Crippen LogP contribution < -0.4 is 5.32 Å². The van der Waals surface area contributed by atoms with Crippen molar-refractivity contribution in [3.8, 4) is 0 Å². The fourth-order valence-electron chi connectivity index (χ4n) is 1.78. The van der Waals surface area contributed by atoms with Crippen molar-refractivity contribution < 1.29 is 4.79 Å². The average Bonchev–Trinajstić information content (AvgIpc) is 3.13. The topological polar surface area (TPSA) is 42.0 Å². The van der Waals surface area contributed by atoms with Crippen molar-refractivity contribution >= 4 is 61.8 Å². The second-order valence-corrected chi connectivity index (χ2v) is 7.08. The first-order chi connectivity index (χ1) is 10.2. The maximum atomic E-state index is 11.9. The molecule has 106 valence electrons. The van der Waals surface area contributed by atoms with Crippen LogP contribution in [-0.2, 0) is 4.79 Å². The first kappa shape index (κ1) is 14.3. The first-order valence-electron chi connectivity index (χ1n) is 6.22. The summed E-state index contributed by atoms with van der Waals surface area (Å²) in [5.41, 5.74) is 0.912. The van der Waals surface area contributed by atoms with Crippen LogP contribution in [0.2, 0.25) is 0 Å². The molecule has 0 aliphatic rings. The molecular formula is C15H12N2OS3. The standard InChI is InChI=1S/C15H12N2OS3/c1-19-11-4-6-12-13(9-11)21-15(16-12)17-14(18)7-5-10-3-2-8-20-10/h2-9H,1H3,(H,16,17,18). The second kappa shape index (κ2) is 6.43. The lowest BCUT2D eigenvalue weighted by Crippen LogP contribution is -2.06. The van der Waals surface area contributed by atoms with Gasteiger partial charge in [-0.05, 0) is 42.0 Å². The molecule has 0 bridgehead atoms. The van der Waals surface area contributed by atoms with Gasteiger partial charge in [0.05, 0.1) is 10.2 Å². The van der Waals surface area contributed by atoms with Crippen LogP contribution in [-0.4, -0.2) is 17.1 Å². The van der Waals surface area contributed by atoms with E-state index < -0.39 is 0 Å². The lowest BCUT2D eigenvalue weighted by atomic mass is 10.3. The van der Waals surface area contributed by atoms with E-state index in [0.717, 1.165) is 15.1 Å². The van der Waals surface area contributed by atoms with E-state index in [4.69, 9.17) is 0 Å². The van der Waals surface area contributed by atoms with E-state index in [2.05, 4.69) is 16.4 Å². The number of carbonyl (C=O) groups excluding carboxylic acids is 1. The zero-order chi connectivity index (χ0) is 14.7. The molecule has 2 heterocycles. The number of carbonyl (C=O) groups is 1. The van der Waals surface area contributed by atoms with Crippen molar-refractivity contribution in [1.82, 2.24) is 4.98 Å². The third kappa shape index (κ3) is 3.53. The molecule has 0 saturated heterocycles. The van der Waals surface area contributed by atoms with Gasteiger partial charge in [0.15, 0.2) is 5.13 Å². The van der Waals surface area contributed by atoms with Gasteiger partial charge in [0.2, 0.25) is 5.91 Å². The number of anilines is 1. The third-order valence-corrected chi connectivity index (χ3v) is 5.26. The average molecular weight is 332 g/mol. The second-order valence-electron chi connectivity index (χ2n) is 4.19. The van der Waals surface area contributed by atoms with Crippen LogP contribution in [0.25, 0.3) is 16.3 Å². The van der Waals surface area contributed by atoms with E-state index in [-0.39, 0.29) is 5.91 Å². The number of hydrogen-bond acceptors (Lipinski definition) is 5. The predicted molar refractivity (Wildman–Crippen MR) is 93.4 cm³/mol. The van der Waals surface area contributed by atoms with Crippen molar-refractivity contribution in [2.24, 2.45) is 0 Å². The molecule has 0 spiro atoms.